The molecule has 5 nitrogen and oxygen atoms in total. The first-order chi connectivity index (χ1) is 24.6. The highest BCUT2D eigenvalue weighted by Gasteiger charge is 2.42. The van der Waals surface area contributed by atoms with Crippen molar-refractivity contribution in [2.45, 2.75) is 63.0 Å². The average Bonchev–Trinajstić information content (AvgIpc) is 3.45. The SMILES string of the molecule is NC(=O)c1cc(C(F)(F)F)c(CC(CCN2CCCCC2c2nc3ccccc3n2Cc2ccc(F)cc2)c2ccc(Cl)c(Cl)c2)c(C(F)(F)F)c1. The molecule has 274 valence electrons. The number of likely N-dealkylation sites (tertiary alicyclic amines) is 1. The maximum absolute atomic E-state index is 14.5. The zero-order chi connectivity index (χ0) is 37.4. The Hall–Kier alpha value is -4.13. The predicted octanol–water partition coefficient (Wildman–Crippen LogP) is 10.6. The van der Waals surface area contributed by atoms with Crippen LogP contribution in [0.25, 0.3) is 11.0 Å². The summed E-state index contributed by atoms with van der Waals surface area (Å²) in [6.45, 7) is 1.33. The third kappa shape index (κ3) is 8.24. The van der Waals surface area contributed by atoms with Crippen molar-refractivity contribution in [3.63, 3.8) is 0 Å². The fraction of sp³-hybridized carbons (Fsp3) is 0.316. The van der Waals surface area contributed by atoms with Gasteiger partial charge in [-0.2, -0.15) is 26.3 Å². The molecule has 2 atom stereocenters. The number of fused-ring (bicyclic) bond motifs is 1. The molecule has 1 aliphatic heterocycles. The zero-order valence-corrected chi connectivity index (χ0v) is 29.1. The summed E-state index contributed by atoms with van der Waals surface area (Å²) in [6, 6.07) is 18.8. The molecule has 2 N–H and O–H groups in total. The smallest absolute Gasteiger partial charge is 0.366 e. The van der Waals surface area contributed by atoms with Gasteiger partial charge in [-0.15, -0.1) is 0 Å². The van der Waals surface area contributed by atoms with Gasteiger partial charge in [-0.25, -0.2) is 9.37 Å². The first kappa shape index (κ1) is 37.6. The molecule has 14 heteroatoms. The van der Waals surface area contributed by atoms with Crippen LogP contribution in [0.4, 0.5) is 30.7 Å². The van der Waals surface area contributed by atoms with Gasteiger partial charge in [0.25, 0.3) is 0 Å². The highest BCUT2D eigenvalue weighted by molar-refractivity contribution is 6.42. The Bertz CT molecular complexity index is 2040. The lowest BCUT2D eigenvalue weighted by Crippen LogP contribution is -2.36. The molecule has 2 unspecified atom stereocenters. The van der Waals surface area contributed by atoms with E-state index in [-0.39, 0.29) is 28.3 Å². The third-order valence-corrected chi connectivity index (χ3v) is 10.4. The first-order valence-corrected chi connectivity index (χ1v) is 17.4. The van der Waals surface area contributed by atoms with Crippen LogP contribution < -0.4 is 5.73 Å². The number of nitrogens with zero attached hydrogens (tertiary/aromatic N) is 3. The largest absolute Gasteiger partial charge is 0.416 e. The highest BCUT2D eigenvalue weighted by atomic mass is 35.5. The molecule has 6 rings (SSSR count). The highest BCUT2D eigenvalue weighted by Crippen LogP contribution is 2.44. The van der Waals surface area contributed by atoms with Gasteiger partial charge in [-0.3, -0.25) is 9.69 Å². The summed E-state index contributed by atoms with van der Waals surface area (Å²) in [5, 5.41) is 0.281. The lowest BCUT2D eigenvalue weighted by molar-refractivity contribution is -0.144. The van der Waals surface area contributed by atoms with Crippen LogP contribution in [0.15, 0.2) is 78.9 Å². The van der Waals surface area contributed by atoms with E-state index in [1.165, 1.54) is 24.3 Å². The standard InChI is InChI=1S/C38H33Cl2F7N4O/c39-30-13-10-23(20-31(30)40)24(17-27-28(37(42,43)44)18-25(35(48)52)19-29(27)38(45,46)47)14-16-50-15-4-3-7-34(50)36-49-32-5-1-2-6-33(32)51(36)21-22-8-11-26(41)12-9-22/h1-2,5-6,8-13,18-20,24,34H,3-4,7,14-17,21H2,(H2,48,52). The number of hydrogen-bond donors (Lipinski definition) is 1. The molecule has 4 aromatic carbocycles. The van der Waals surface area contributed by atoms with Gasteiger partial charge < -0.3 is 10.3 Å². The van der Waals surface area contributed by atoms with E-state index in [2.05, 4.69) is 9.47 Å². The number of imidazole rings is 1. The monoisotopic (exact) mass is 764 g/mol. The van der Waals surface area contributed by atoms with Crippen LogP contribution in [-0.2, 0) is 25.3 Å². The summed E-state index contributed by atoms with van der Waals surface area (Å²) in [5.41, 5.74) is 3.02. The molecule has 1 saturated heterocycles. The lowest BCUT2D eigenvalue weighted by atomic mass is 9.84. The summed E-state index contributed by atoms with van der Waals surface area (Å²) in [5.74, 6) is -1.89. The third-order valence-electron chi connectivity index (χ3n) is 9.63. The van der Waals surface area contributed by atoms with Gasteiger partial charge in [0.15, 0.2) is 0 Å². The van der Waals surface area contributed by atoms with Gasteiger partial charge in [0.05, 0.1) is 38.2 Å². The second-order valence-electron chi connectivity index (χ2n) is 13.0. The fourth-order valence-electron chi connectivity index (χ4n) is 7.10. The second kappa shape index (κ2) is 15.1. The summed E-state index contributed by atoms with van der Waals surface area (Å²) in [7, 11) is 0. The fourth-order valence-corrected chi connectivity index (χ4v) is 7.41. The van der Waals surface area contributed by atoms with Gasteiger partial charge in [0.1, 0.15) is 11.6 Å². The minimum atomic E-state index is -5.22. The van der Waals surface area contributed by atoms with Crippen LogP contribution in [0.1, 0.15) is 81.6 Å². The van der Waals surface area contributed by atoms with Gasteiger partial charge in [-0.1, -0.05) is 60.0 Å². The minimum absolute atomic E-state index is 0.102. The van der Waals surface area contributed by atoms with Crippen LogP contribution >= 0.6 is 23.2 Å². The number of rotatable bonds is 10. The lowest BCUT2D eigenvalue weighted by Gasteiger charge is -2.36. The number of piperidine rings is 1. The van der Waals surface area contributed by atoms with Gasteiger partial charge in [0.2, 0.25) is 5.91 Å². The van der Waals surface area contributed by atoms with Gasteiger partial charge >= 0.3 is 12.4 Å². The Labute approximate surface area is 305 Å². The summed E-state index contributed by atoms with van der Waals surface area (Å²) in [4.78, 5) is 19.0. The number of nitrogens with two attached hydrogens (primary N) is 1. The van der Waals surface area contributed by atoms with E-state index >= 15 is 0 Å². The van der Waals surface area contributed by atoms with Crippen molar-refractivity contribution >= 4 is 40.1 Å². The van der Waals surface area contributed by atoms with Crippen LogP contribution in [0.5, 0.6) is 0 Å². The number of benzene rings is 4. The molecule has 0 spiro atoms. The molecule has 0 saturated carbocycles. The number of aromatic nitrogens is 2. The molecule has 0 bridgehead atoms. The number of halogens is 9. The number of primary amides is 1. The van der Waals surface area contributed by atoms with Crippen molar-refractivity contribution in [1.82, 2.24) is 14.5 Å². The Morgan fingerprint density at radius 2 is 1.56 bits per heavy atom. The van der Waals surface area contributed by atoms with Gasteiger partial charge in [-0.05, 0) is 110 Å². The number of para-hydroxylation sites is 2. The number of alkyl halides is 6. The van der Waals surface area contributed by atoms with Crippen molar-refractivity contribution in [2.75, 3.05) is 13.1 Å². The average molecular weight is 766 g/mol. The molecular weight excluding hydrogens is 732 g/mol. The predicted molar refractivity (Wildman–Crippen MR) is 186 cm³/mol. The summed E-state index contributed by atoms with van der Waals surface area (Å²) >= 11 is 12.5. The van der Waals surface area contributed by atoms with Crippen molar-refractivity contribution in [1.29, 1.82) is 0 Å². The van der Waals surface area contributed by atoms with E-state index in [0.29, 0.717) is 37.3 Å². The molecule has 1 fully saturated rings. The molecule has 0 aliphatic carbocycles. The molecule has 1 aromatic heterocycles. The molecule has 1 aliphatic rings. The van der Waals surface area contributed by atoms with E-state index in [0.717, 1.165) is 41.7 Å². The van der Waals surface area contributed by atoms with Crippen molar-refractivity contribution in [3.8, 4) is 0 Å². The maximum atomic E-state index is 14.5. The summed E-state index contributed by atoms with van der Waals surface area (Å²) in [6.07, 6.45) is -8.52. The number of amides is 1. The molecule has 5 aromatic rings. The van der Waals surface area contributed by atoms with Crippen LogP contribution in [0, 0.1) is 5.82 Å². The van der Waals surface area contributed by atoms with E-state index in [1.807, 2.05) is 24.3 Å². The zero-order valence-electron chi connectivity index (χ0n) is 27.5. The van der Waals surface area contributed by atoms with Gasteiger partial charge in [0, 0.05) is 12.1 Å². The normalized spacial score (nSPS) is 16.4. The molecule has 1 amide bonds. The number of carbonyl (C=O) groups excluding carboxylic acids is 1. The van der Waals surface area contributed by atoms with E-state index in [1.54, 1.807) is 18.2 Å². The minimum Gasteiger partial charge on any atom is -0.366 e. The first-order valence-electron chi connectivity index (χ1n) is 16.6. The van der Waals surface area contributed by atoms with Crippen molar-refractivity contribution in [2.24, 2.45) is 5.73 Å². The van der Waals surface area contributed by atoms with Crippen LogP contribution in [0.3, 0.4) is 0 Å². The van der Waals surface area contributed by atoms with E-state index < -0.39 is 52.9 Å². The number of hydrogen-bond acceptors (Lipinski definition) is 3. The molecule has 0 radical (unpaired) electrons. The van der Waals surface area contributed by atoms with Crippen LogP contribution in [-0.4, -0.2) is 33.4 Å². The topological polar surface area (TPSA) is 64.2 Å². The Morgan fingerprint density at radius 1 is 0.885 bits per heavy atom. The Morgan fingerprint density at radius 3 is 2.19 bits per heavy atom. The van der Waals surface area contributed by atoms with Crippen molar-refractivity contribution in [3.05, 3.63) is 134 Å². The maximum Gasteiger partial charge on any atom is 0.416 e. The number of carbonyl (C=O) groups is 1. The molecular formula is C38H33Cl2F7N4O. The molecule has 52 heavy (non-hydrogen) atoms. The Balaban J connectivity index is 1.39. The second-order valence-corrected chi connectivity index (χ2v) is 13.8. The van der Waals surface area contributed by atoms with E-state index in [4.69, 9.17) is 33.9 Å². The van der Waals surface area contributed by atoms with Crippen molar-refractivity contribution < 1.29 is 35.5 Å². The van der Waals surface area contributed by atoms with Crippen LogP contribution in [0.2, 0.25) is 10.0 Å². The molecule has 2 heterocycles. The Kier molecular flexibility index (Phi) is 10.9. The summed E-state index contributed by atoms with van der Waals surface area (Å²) < 4.78 is 103. The quantitative estimate of drug-likeness (QED) is 0.144. The van der Waals surface area contributed by atoms with E-state index in [9.17, 15) is 35.5 Å².